The van der Waals surface area contributed by atoms with Gasteiger partial charge in [0.15, 0.2) is 0 Å². The van der Waals surface area contributed by atoms with Crippen LogP contribution in [0.1, 0.15) is 56.3 Å². The van der Waals surface area contributed by atoms with Crippen LogP contribution >= 0.6 is 0 Å². The molecule has 0 bridgehead atoms. The summed E-state index contributed by atoms with van der Waals surface area (Å²) < 4.78 is 0. The summed E-state index contributed by atoms with van der Waals surface area (Å²) >= 11 is 0. The van der Waals surface area contributed by atoms with Gasteiger partial charge in [-0.05, 0) is 37.8 Å². The van der Waals surface area contributed by atoms with E-state index in [1.165, 1.54) is 11.2 Å². The van der Waals surface area contributed by atoms with Crippen molar-refractivity contribution >= 4 is 17.7 Å². The largest absolute Gasteiger partial charge is 0.348 e. The molecule has 0 spiro atoms. The molecule has 13 heteroatoms. The number of imidazole rings is 2. The van der Waals surface area contributed by atoms with E-state index in [-0.39, 0.29) is 37.6 Å². The lowest BCUT2D eigenvalue weighted by Crippen LogP contribution is -2.52. The molecule has 35 heavy (non-hydrogen) atoms. The first kappa shape index (κ1) is 27.5. The molecule has 3 amide bonds. The van der Waals surface area contributed by atoms with Gasteiger partial charge in [-0.15, -0.1) is 0 Å². The summed E-state index contributed by atoms with van der Waals surface area (Å²) in [5, 5.41) is 6.23. The Hall–Kier alpha value is -3.70. The second kappa shape index (κ2) is 16.0. The molecular formula is C22H34N10O3. The van der Waals surface area contributed by atoms with Crippen LogP contribution in [0.4, 0.5) is 0 Å². The molecule has 0 radical (unpaired) electrons. The van der Waals surface area contributed by atoms with Crippen molar-refractivity contribution in [1.82, 2.24) is 30.2 Å². The Morgan fingerprint density at radius 3 is 2.43 bits per heavy atom. The van der Waals surface area contributed by atoms with Crippen LogP contribution in [0.5, 0.6) is 0 Å². The molecule has 2 rings (SSSR count). The number of nitrogens with zero attached hydrogens (tertiary/aromatic N) is 6. The average molecular weight is 487 g/mol. The fraction of sp³-hybridized carbons (Fsp3) is 0.591. The third kappa shape index (κ3) is 10.4. The number of hydrogen-bond donors (Lipinski definition) is 4. The SMILES string of the molecule is [N-]=[N+]=NCCCCC(=O)N[C@@H](Cc1cnc[nH]1)C(=O)N(CCc1cnc[nH]1)C(=O)CCCCCN. The van der Waals surface area contributed by atoms with Crippen LogP contribution in [-0.2, 0) is 27.2 Å². The van der Waals surface area contributed by atoms with Crippen LogP contribution in [0.2, 0.25) is 0 Å². The fourth-order valence-corrected chi connectivity index (χ4v) is 3.53. The van der Waals surface area contributed by atoms with Crippen LogP contribution in [0.3, 0.4) is 0 Å². The van der Waals surface area contributed by atoms with Gasteiger partial charge in [0.1, 0.15) is 6.04 Å². The maximum atomic E-state index is 13.6. The number of nitrogens with two attached hydrogens (primary N) is 1. The smallest absolute Gasteiger partial charge is 0.252 e. The molecule has 2 aromatic heterocycles. The van der Waals surface area contributed by atoms with Gasteiger partial charge < -0.3 is 21.0 Å². The highest BCUT2D eigenvalue weighted by atomic mass is 16.2. The predicted molar refractivity (Wildman–Crippen MR) is 129 cm³/mol. The molecule has 0 aliphatic carbocycles. The summed E-state index contributed by atoms with van der Waals surface area (Å²) in [6.07, 6.45) is 10.6. The van der Waals surface area contributed by atoms with Crippen LogP contribution < -0.4 is 11.1 Å². The highest BCUT2D eigenvalue weighted by molar-refractivity contribution is 5.99. The van der Waals surface area contributed by atoms with Crippen molar-refractivity contribution in [2.75, 3.05) is 19.6 Å². The maximum absolute atomic E-state index is 13.6. The second-order valence-corrected chi connectivity index (χ2v) is 8.12. The van der Waals surface area contributed by atoms with Crippen molar-refractivity contribution < 1.29 is 14.4 Å². The van der Waals surface area contributed by atoms with Crippen molar-refractivity contribution in [3.63, 3.8) is 0 Å². The van der Waals surface area contributed by atoms with Gasteiger partial charge in [-0.1, -0.05) is 11.5 Å². The second-order valence-electron chi connectivity index (χ2n) is 8.12. The summed E-state index contributed by atoms with van der Waals surface area (Å²) in [5.74, 6) is -1.07. The van der Waals surface area contributed by atoms with Gasteiger partial charge in [-0.2, -0.15) is 0 Å². The number of nitrogens with one attached hydrogen (secondary N) is 3. The molecular weight excluding hydrogens is 452 g/mol. The third-order valence-corrected chi connectivity index (χ3v) is 5.41. The molecule has 2 aromatic rings. The van der Waals surface area contributed by atoms with Gasteiger partial charge in [-0.3, -0.25) is 19.3 Å². The average Bonchev–Trinajstić information content (AvgIpc) is 3.56. The molecule has 0 unspecified atom stereocenters. The fourth-order valence-electron chi connectivity index (χ4n) is 3.53. The Morgan fingerprint density at radius 2 is 1.77 bits per heavy atom. The van der Waals surface area contributed by atoms with E-state index in [1.807, 2.05) is 0 Å². The topological polar surface area (TPSA) is 199 Å². The van der Waals surface area contributed by atoms with Gasteiger partial charge in [0.05, 0.1) is 12.7 Å². The Kier molecular flexibility index (Phi) is 12.6. The number of azide groups is 1. The van der Waals surface area contributed by atoms with Crippen molar-refractivity contribution in [3.05, 3.63) is 46.9 Å². The Morgan fingerprint density at radius 1 is 1.06 bits per heavy atom. The van der Waals surface area contributed by atoms with E-state index in [9.17, 15) is 14.4 Å². The number of rotatable bonds is 17. The first-order valence-corrected chi connectivity index (χ1v) is 11.8. The summed E-state index contributed by atoms with van der Waals surface area (Å²) in [4.78, 5) is 57.0. The molecule has 0 aromatic carbocycles. The Balaban J connectivity index is 2.10. The zero-order valence-corrected chi connectivity index (χ0v) is 19.9. The molecule has 13 nitrogen and oxygen atoms in total. The van der Waals surface area contributed by atoms with Crippen LogP contribution in [-0.4, -0.2) is 68.2 Å². The molecule has 0 aliphatic rings. The number of aromatic amines is 2. The standard InChI is InChI=1S/C22H34N10O3/c23-9-4-1-2-7-21(34)32(11-8-17-13-25-15-27-17)22(35)19(12-18-14-26-16-28-18)30-20(33)6-3-5-10-29-31-24/h13-16,19H,1-12,23H2,(H,25,27)(H,26,28)(H,30,33)/t19-/m0/s1. The molecule has 0 saturated carbocycles. The van der Waals surface area contributed by atoms with Crippen molar-refractivity contribution in [3.8, 4) is 0 Å². The molecule has 5 N–H and O–H groups in total. The molecule has 0 saturated heterocycles. The van der Waals surface area contributed by atoms with Gasteiger partial charge in [0.25, 0.3) is 5.91 Å². The number of carbonyl (C=O) groups excluding carboxylic acids is 3. The number of unbranched alkanes of at least 4 members (excludes halogenated alkanes) is 3. The lowest BCUT2D eigenvalue weighted by Gasteiger charge is -2.26. The number of aromatic nitrogens is 4. The summed E-state index contributed by atoms with van der Waals surface area (Å²) in [6.45, 7) is 1.02. The normalized spacial score (nSPS) is 11.5. The van der Waals surface area contributed by atoms with Crippen LogP contribution in [0.25, 0.3) is 10.4 Å². The minimum atomic E-state index is -0.935. The van der Waals surface area contributed by atoms with E-state index in [0.29, 0.717) is 44.5 Å². The molecule has 1 atom stereocenters. The first-order valence-electron chi connectivity index (χ1n) is 11.8. The minimum Gasteiger partial charge on any atom is -0.348 e. The van der Waals surface area contributed by atoms with E-state index >= 15 is 0 Å². The Labute approximate surface area is 203 Å². The van der Waals surface area contributed by atoms with E-state index in [4.69, 9.17) is 11.3 Å². The van der Waals surface area contributed by atoms with E-state index < -0.39 is 11.9 Å². The minimum absolute atomic E-state index is 0.165. The van der Waals surface area contributed by atoms with Crippen molar-refractivity contribution in [1.29, 1.82) is 0 Å². The summed E-state index contributed by atoms with van der Waals surface area (Å²) in [6, 6.07) is -0.935. The number of amides is 3. The van der Waals surface area contributed by atoms with E-state index in [0.717, 1.165) is 18.5 Å². The van der Waals surface area contributed by atoms with Crippen molar-refractivity contribution in [2.45, 2.75) is 63.8 Å². The summed E-state index contributed by atoms with van der Waals surface area (Å²) in [7, 11) is 0. The summed E-state index contributed by atoms with van der Waals surface area (Å²) in [5.41, 5.74) is 15.3. The van der Waals surface area contributed by atoms with Gasteiger partial charge in [0.2, 0.25) is 11.8 Å². The Bertz CT molecular complexity index is 939. The quantitative estimate of drug-likeness (QED) is 0.114. The third-order valence-electron chi connectivity index (χ3n) is 5.41. The first-order chi connectivity index (χ1) is 17.0. The monoisotopic (exact) mass is 486 g/mol. The van der Waals surface area contributed by atoms with E-state index in [1.54, 1.807) is 18.7 Å². The van der Waals surface area contributed by atoms with Gasteiger partial charge >= 0.3 is 0 Å². The lowest BCUT2D eigenvalue weighted by atomic mass is 10.1. The zero-order valence-electron chi connectivity index (χ0n) is 19.9. The lowest BCUT2D eigenvalue weighted by molar-refractivity contribution is -0.147. The van der Waals surface area contributed by atoms with Gasteiger partial charge in [0, 0.05) is 67.5 Å². The number of imide groups is 1. The highest BCUT2D eigenvalue weighted by Gasteiger charge is 2.30. The molecule has 0 fully saturated rings. The number of hydrogen-bond acceptors (Lipinski definition) is 7. The predicted octanol–water partition coefficient (Wildman–Crippen LogP) is 1.76. The number of carbonyl (C=O) groups is 3. The maximum Gasteiger partial charge on any atom is 0.252 e. The molecule has 190 valence electrons. The van der Waals surface area contributed by atoms with Crippen LogP contribution in [0, 0.1) is 0 Å². The molecule has 0 aliphatic heterocycles. The van der Waals surface area contributed by atoms with Crippen molar-refractivity contribution in [2.24, 2.45) is 10.8 Å². The van der Waals surface area contributed by atoms with Gasteiger partial charge in [-0.25, -0.2) is 9.97 Å². The van der Waals surface area contributed by atoms with E-state index in [2.05, 4.69) is 35.3 Å². The highest BCUT2D eigenvalue weighted by Crippen LogP contribution is 2.10. The molecule has 2 heterocycles. The van der Waals surface area contributed by atoms with Crippen LogP contribution in [0.15, 0.2) is 30.2 Å². The number of H-pyrrole nitrogens is 2. The zero-order chi connectivity index (χ0) is 25.3.